The number of benzene rings is 1. The second kappa shape index (κ2) is 3.46. The molecule has 1 aromatic carbocycles. The number of rotatable bonds is 2. The van der Waals surface area contributed by atoms with Gasteiger partial charge in [0, 0.05) is 6.20 Å². The van der Waals surface area contributed by atoms with Crippen LogP contribution < -0.4 is 0 Å². The van der Waals surface area contributed by atoms with Gasteiger partial charge in [-0.25, -0.2) is 4.68 Å². The van der Waals surface area contributed by atoms with Gasteiger partial charge in [-0.05, 0) is 25.1 Å². The standard InChI is InChI=1S/C11H10N2O/c1-9-2-4-11(5-3-9)13-7-6-10(8-14)12-13/h2-8H,1H3. The average molecular weight is 186 g/mol. The molecule has 70 valence electrons. The number of aromatic nitrogens is 2. The van der Waals surface area contributed by atoms with Crippen LogP contribution in [0.25, 0.3) is 5.69 Å². The average Bonchev–Trinajstić information content (AvgIpc) is 2.67. The lowest BCUT2D eigenvalue weighted by Gasteiger charge is -2.00. The lowest BCUT2D eigenvalue weighted by Crippen LogP contribution is -1.95. The third kappa shape index (κ3) is 1.57. The maximum absolute atomic E-state index is 10.4. The molecule has 1 heterocycles. The molecule has 2 aromatic rings. The quantitative estimate of drug-likeness (QED) is 0.672. The minimum atomic E-state index is 0.450. The van der Waals surface area contributed by atoms with Gasteiger partial charge in [0.05, 0.1) is 5.69 Å². The minimum absolute atomic E-state index is 0.450. The van der Waals surface area contributed by atoms with Crippen LogP contribution in [0.5, 0.6) is 0 Å². The van der Waals surface area contributed by atoms with Crippen LogP contribution in [0.2, 0.25) is 0 Å². The Hall–Kier alpha value is -1.90. The predicted molar refractivity (Wildman–Crippen MR) is 53.7 cm³/mol. The molecule has 0 atom stereocenters. The Morgan fingerprint density at radius 1 is 1.21 bits per heavy atom. The first-order valence-corrected chi connectivity index (χ1v) is 4.37. The number of hydrogen-bond acceptors (Lipinski definition) is 2. The van der Waals surface area contributed by atoms with E-state index in [1.165, 1.54) is 5.56 Å². The number of hydrogen-bond donors (Lipinski definition) is 0. The first-order valence-electron chi connectivity index (χ1n) is 4.37. The third-order valence-electron chi connectivity index (χ3n) is 2.03. The van der Waals surface area contributed by atoms with Crippen LogP contribution in [0, 0.1) is 6.92 Å². The summed E-state index contributed by atoms with van der Waals surface area (Å²) < 4.78 is 1.68. The second-order valence-electron chi connectivity index (χ2n) is 3.14. The SMILES string of the molecule is Cc1ccc(-n2ccc(C=O)n2)cc1. The fourth-order valence-electron chi connectivity index (χ4n) is 1.24. The molecule has 2 rings (SSSR count). The van der Waals surface area contributed by atoms with Gasteiger partial charge in [0.1, 0.15) is 5.69 Å². The largest absolute Gasteiger partial charge is 0.296 e. The molecule has 14 heavy (non-hydrogen) atoms. The fourth-order valence-corrected chi connectivity index (χ4v) is 1.24. The number of carbonyl (C=O) groups excluding carboxylic acids is 1. The molecule has 0 radical (unpaired) electrons. The molecule has 0 saturated heterocycles. The molecule has 0 N–H and O–H groups in total. The Balaban J connectivity index is 2.39. The van der Waals surface area contributed by atoms with Crippen LogP contribution in [0.4, 0.5) is 0 Å². The Morgan fingerprint density at radius 2 is 1.93 bits per heavy atom. The van der Waals surface area contributed by atoms with Gasteiger partial charge < -0.3 is 0 Å². The molecule has 0 fully saturated rings. The van der Waals surface area contributed by atoms with Crippen LogP contribution in [-0.2, 0) is 0 Å². The van der Waals surface area contributed by atoms with Crippen molar-refractivity contribution in [1.29, 1.82) is 0 Å². The first-order chi connectivity index (χ1) is 6.79. The number of aldehydes is 1. The highest BCUT2D eigenvalue weighted by molar-refractivity contribution is 5.71. The summed E-state index contributed by atoms with van der Waals surface area (Å²) in [6.07, 6.45) is 2.51. The van der Waals surface area contributed by atoms with E-state index in [4.69, 9.17) is 0 Å². The minimum Gasteiger partial charge on any atom is -0.296 e. The number of aryl methyl sites for hydroxylation is 1. The van der Waals surface area contributed by atoms with Crippen molar-refractivity contribution in [1.82, 2.24) is 9.78 Å². The smallest absolute Gasteiger partial charge is 0.170 e. The zero-order chi connectivity index (χ0) is 9.97. The lowest BCUT2D eigenvalue weighted by molar-refractivity contribution is 0.111. The van der Waals surface area contributed by atoms with Crippen molar-refractivity contribution < 1.29 is 4.79 Å². The summed E-state index contributed by atoms with van der Waals surface area (Å²) in [5, 5.41) is 4.08. The van der Waals surface area contributed by atoms with Gasteiger partial charge in [-0.2, -0.15) is 5.10 Å². The maximum Gasteiger partial charge on any atom is 0.170 e. The Bertz CT molecular complexity index is 443. The Kier molecular flexibility index (Phi) is 2.14. The third-order valence-corrected chi connectivity index (χ3v) is 2.03. The molecule has 0 aliphatic rings. The van der Waals surface area contributed by atoms with Crippen molar-refractivity contribution in [3.05, 3.63) is 47.8 Å². The van der Waals surface area contributed by atoms with Gasteiger partial charge in [0.2, 0.25) is 0 Å². The van der Waals surface area contributed by atoms with Crippen LogP contribution in [0.3, 0.4) is 0 Å². The molecule has 0 aliphatic heterocycles. The summed E-state index contributed by atoms with van der Waals surface area (Å²) in [6.45, 7) is 2.03. The van der Waals surface area contributed by atoms with Crippen LogP contribution in [-0.4, -0.2) is 16.1 Å². The summed E-state index contributed by atoms with van der Waals surface area (Å²) in [5.41, 5.74) is 2.62. The Morgan fingerprint density at radius 3 is 2.50 bits per heavy atom. The topological polar surface area (TPSA) is 34.9 Å². The predicted octanol–water partition coefficient (Wildman–Crippen LogP) is 1.99. The normalized spacial score (nSPS) is 10.1. The van der Waals surface area contributed by atoms with Crippen molar-refractivity contribution >= 4 is 6.29 Å². The molecule has 0 unspecified atom stereocenters. The van der Waals surface area contributed by atoms with E-state index < -0.39 is 0 Å². The fraction of sp³-hybridized carbons (Fsp3) is 0.0909. The maximum atomic E-state index is 10.4. The highest BCUT2D eigenvalue weighted by Gasteiger charge is 1.98. The monoisotopic (exact) mass is 186 g/mol. The zero-order valence-electron chi connectivity index (χ0n) is 7.84. The molecule has 0 saturated carbocycles. The van der Waals surface area contributed by atoms with Gasteiger partial charge in [-0.3, -0.25) is 4.79 Å². The molecule has 3 nitrogen and oxygen atoms in total. The highest BCUT2D eigenvalue weighted by Crippen LogP contribution is 2.08. The first kappa shape index (κ1) is 8.69. The molecule has 0 amide bonds. The van der Waals surface area contributed by atoms with E-state index in [1.54, 1.807) is 16.9 Å². The van der Waals surface area contributed by atoms with Gasteiger partial charge in [0.25, 0.3) is 0 Å². The van der Waals surface area contributed by atoms with Crippen LogP contribution in [0.15, 0.2) is 36.5 Å². The van der Waals surface area contributed by atoms with Crippen molar-refractivity contribution in [3.63, 3.8) is 0 Å². The van der Waals surface area contributed by atoms with Crippen molar-refractivity contribution in [2.24, 2.45) is 0 Å². The van der Waals surface area contributed by atoms with Gasteiger partial charge in [-0.1, -0.05) is 17.7 Å². The Labute approximate surface area is 82.0 Å². The summed E-state index contributed by atoms with van der Waals surface area (Å²) >= 11 is 0. The zero-order valence-corrected chi connectivity index (χ0v) is 7.84. The molecular weight excluding hydrogens is 176 g/mol. The summed E-state index contributed by atoms with van der Waals surface area (Å²) in [7, 11) is 0. The van der Waals surface area contributed by atoms with Gasteiger partial charge in [-0.15, -0.1) is 0 Å². The van der Waals surface area contributed by atoms with E-state index in [-0.39, 0.29) is 0 Å². The molecular formula is C11H10N2O. The van der Waals surface area contributed by atoms with Crippen LogP contribution >= 0.6 is 0 Å². The van der Waals surface area contributed by atoms with E-state index in [2.05, 4.69) is 5.10 Å². The molecule has 0 bridgehead atoms. The van der Waals surface area contributed by atoms with E-state index in [0.29, 0.717) is 5.69 Å². The van der Waals surface area contributed by atoms with E-state index >= 15 is 0 Å². The van der Waals surface area contributed by atoms with E-state index in [0.717, 1.165) is 12.0 Å². The lowest BCUT2D eigenvalue weighted by atomic mass is 10.2. The number of nitrogens with zero attached hydrogens (tertiary/aromatic N) is 2. The summed E-state index contributed by atoms with van der Waals surface area (Å²) in [5.74, 6) is 0. The molecule has 0 aliphatic carbocycles. The highest BCUT2D eigenvalue weighted by atomic mass is 16.1. The summed E-state index contributed by atoms with van der Waals surface area (Å²) in [4.78, 5) is 10.4. The van der Waals surface area contributed by atoms with Gasteiger partial charge in [0.15, 0.2) is 6.29 Å². The van der Waals surface area contributed by atoms with Crippen molar-refractivity contribution in [3.8, 4) is 5.69 Å². The molecule has 1 aromatic heterocycles. The second-order valence-corrected chi connectivity index (χ2v) is 3.14. The van der Waals surface area contributed by atoms with E-state index in [1.807, 2.05) is 31.2 Å². The molecule has 3 heteroatoms. The van der Waals surface area contributed by atoms with Crippen molar-refractivity contribution in [2.45, 2.75) is 6.92 Å². The van der Waals surface area contributed by atoms with E-state index in [9.17, 15) is 4.79 Å². The molecule has 0 spiro atoms. The number of carbonyl (C=O) groups is 1. The van der Waals surface area contributed by atoms with Crippen LogP contribution in [0.1, 0.15) is 16.1 Å². The summed E-state index contributed by atoms with van der Waals surface area (Å²) in [6, 6.07) is 9.65. The van der Waals surface area contributed by atoms with Gasteiger partial charge >= 0.3 is 0 Å². The van der Waals surface area contributed by atoms with Crippen molar-refractivity contribution in [2.75, 3.05) is 0 Å².